The number of pyridine rings is 1. The topological polar surface area (TPSA) is 28.2 Å². The molecule has 2 aliphatic rings. The maximum Gasteiger partial charge on any atom is 0.0573 e. The van der Waals surface area contributed by atoms with Crippen molar-refractivity contribution < 1.29 is 0 Å². The molecule has 0 bridgehead atoms. The summed E-state index contributed by atoms with van der Waals surface area (Å²) in [5, 5.41) is 3.70. The van der Waals surface area contributed by atoms with E-state index in [1.165, 1.54) is 43.4 Å². The van der Waals surface area contributed by atoms with Crippen LogP contribution < -0.4 is 5.32 Å². The standard InChI is InChI=1S/C18H29N3/c1-14-7-6-10-19-17(14)13-21-12-15(2)20-11-18(21)16-8-4-3-5-9-16/h6-7,10,15-16,18,20H,3-5,8-9,11-13H2,1-2H3. The molecule has 2 atom stereocenters. The van der Waals surface area contributed by atoms with E-state index in [0.717, 1.165) is 25.6 Å². The van der Waals surface area contributed by atoms with Gasteiger partial charge in [0.1, 0.15) is 0 Å². The summed E-state index contributed by atoms with van der Waals surface area (Å²) in [7, 11) is 0. The van der Waals surface area contributed by atoms with E-state index in [0.29, 0.717) is 12.1 Å². The van der Waals surface area contributed by atoms with E-state index in [1.54, 1.807) is 0 Å². The van der Waals surface area contributed by atoms with Crippen LogP contribution in [0.3, 0.4) is 0 Å². The molecule has 0 spiro atoms. The van der Waals surface area contributed by atoms with E-state index in [2.05, 4.69) is 35.1 Å². The number of piperazine rings is 1. The first-order chi connectivity index (χ1) is 10.2. The van der Waals surface area contributed by atoms with Gasteiger partial charge in [0.05, 0.1) is 5.69 Å². The van der Waals surface area contributed by atoms with Crippen LogP contribution in [0.4, 0.5) is 0 Å². The highest BCUT2D eigenvalue weighted by molar-refractivity contribution is 5.17. The molecule has 0 radical (unpaired) electrons. The van der Waals surface area contributed by atoms with Crippen LogP contribution in [0.5, 0.6) is 0 Å². The minimum atomic E-state index is 0.592. The van der Waals surface area contributed by atoms with E-state index in [1.807, 2.05) is 12.3 Å². The Kier molecular flexibility index (Phi) is 4.91. The van der Waals surface area contributed by atoms with Gasteiger partial charge in [-0.1, -0.05) is 25.3 Å². The van der Waals surface area contributed by atoms with Crippen LogP contribution in [0.15, 0.2) is 18.3 Å². The average Bonchev–Trinajstić information content (AvgIpc) is 2.51. The monoisotopic (exact) mass is 287 g/mol. The Morgan fingerprint density at radius 1 is 1.29 bits per heavy atom. The van der Waals surface area contributed by atoms with Gasteiger partial charge >= 0.3 is 0 Å². The highest BCUT2D eigenvalue weighted by atomic mass is 15.2. The van der Waals surface area contributed by atoms with Gasteiger partial charge in [0.2, 0.25) is 0 Å². The van der Waals surface area contributed by atoms with Crippen molar-refractivity contribution >= 4 is 0 Å². The van der Waals surface area contributed by atoms with Gasteiger partial charge in [-0.2, -0.15) is 0 Å². The summed E-state index contributed by atoms with van der Waals surface area (Å²) in [6, 6.07) is 5.51. The van der Waals surface area contributed by atoms with E-state index in [4.69, 9.17) is 0 Å². The highest BCUT2D eigenvalue weighted by Gasteiger charge is 2.33. The number of aromatic nitrogens is 1. The van der Waals surface area contributed by atoms with Crippen LogP contribution in [0, 0.1) is 12.8 Å². The fourth-order valence-corrected chi connectivity index (χ4v) is 4.04. The Hall–Kier alpha value is -0.930. The highest BCUT2D eigenvalue weighted by Crippen LogP contribution is 2.31. The van der Waals surface area contributed by atoms with Crippen molar-refractivity contribution in [1.29, 1.82) is 0 Å². The Bertz CT molecular complexity index is 454. The van der Waals surface area contributed by atoms with Crippen molar-refractivity contribution in [3.63, 3.8) is 0 Å². The third-order valence-corrected chi connectivity index (χ3v) is 5.32. The Balaban J connectivity index is 1.73. The van der Waals surface area contributed by atoms with Gasteiger partial charge in [0.15, 0.2) is 0 Å². The summed E-state index contributed by atoms with van der Waals surface area (Å²) in [5.41, 5.74) is 2.58. The zero-order valence-electron chi connectivity index (χ0n) is 13.5. The molecule has 2 heterocycles. The molecular formula is C18H29N3. The molecule has 21 heavy (non-hydrogen) atoms. The third-order valence-electron chi connectivity index (χ3n) is 5.32. The van der Waals surface area contributed by atoms with Crippen LogP contribution in [0.2, 0.25) is 0 Å². The van der Waals surface area contributed by atoms with Crippen LogP contribution in [0.25, 0.3) is 0 Å². The Morgan fingerprint density at radius 2 is 2.10 bits per heavy atom. The molecule has 2 unspecified atom stereocenters. The van der Waals surface area contributed by atoms with Crippen molar-refractivity contribution in [3.8, 4) is 0 Å². The minimum Gasteiger partial charge on any atom is -0.311 e. The maximum absolute atomic E-state index is 4.61. The number of hydrogen-bond donors (Lipinski definition) is 1. The quantitative estimate of drug-likeness (QED) is 0.926. The summed E-state index contributed by atoms with van der Waals surface area (Å²) in [6.07, 6.45) is 9.05. The summed E-state index contributed by atoms with van der Waals surface area (Å²) >= 11 is 0. The maximum atomic E-state index is 4.61. The molecule has 3 rings (SSSR count). The minimum absolute atomic E-state index is 0.592. The molecule has 1 aliphatic heterocycles. The molecular weight excluding hydrogens is 258 g/mol. The Labute approximate surface area is 129 Å². The van der Waals surface area contributed by atoms with E-state index in [-0.39, 0.29) is 0 Å². The second-order valence-corrected chi connectivity index (χ2v) is 6.97. The van der Waals surface area contributed by atoms with Crippen LogP contribution in [0.1, 0.15) is 50.3 Å². The molecule has 3 heteroatoms. The predicted molar refractivity (Wildman–Crippen MR) is 87.2 cm³/mol. The first kappa shape index (κ1) is 15.0. The van der Waals surface area contributed by atoms with Gasteiger partial charge in [-0.3, -0.25) is 9.88 Å². The Morgan fingerprint density at radius 3 is 2.86 bits per heavy atom. The largest absolute Gasteiger partial charge is 0.311 e. The average molecular weight is 287 g/mol. The predicted octanol–water partition coefficient (Wildman–Crippen LogP) is 3.13. The van der Waals surface area contributed by atoms with E-state index < -0.39 is 0 Å². The number of rotatable bonds is 3. The second-order valence-electron chi connectivity index (χ2n) is 6.97. The molecule has 1 aromatic rings. The van der Waals surface area contributed by atoms with Gasteiger partial charge in [0.25, 0.3) is 0 Å². The third kappa shape index (κ3) is 3.64. The van der Waals surface area contributed by atoms with Gasteiger partial charge in [-0.15, -0.1) is 0 Å². The summed E-state index contributed by atoms with van der Waals surface area (Å²) in [4.78, 5) is 7.32. The van der Waals surface area contributed by atoms with Crippen molar-refractivity contribution in [1.82, 2.24) is 15.2 Å². The van der Waals surface area contributed by atoms with Gasteiger partial charge in [0, 0.05) is 37.9 Å². The molecule has 1 aliphatic carbocycles. The summed E-state index contributed by atoms with van der Waals surface area (Å²) in [6.45, 7) is 7.80. The zero-order chi connectivity index (χ0) is 14.7. The smallest absolute Gasteiger partial charge is 0.0573 e. The lowest BCUT2D eigenvalue weighted by molar-refractivity contribution is 0.0677. The van der Waals surface area contributed by atoms with Crippen LogP contribution in [-0.4, -0.2) is 35.1 Å². The number of aryl methyl sites for hydroxylation is 1. The van der Waals surface area contributed by atoms with E-state index in [9.17, 15) is 0 Å². The number of nitrogens with zero attached hydrogens (tertiary/aromatic N) is 2. The first-order valence-corrected chi connectivity index (χ1v) is 8.62. The van der Waals surface area contributed by atoms with E-state index >= 15 is 0 Å². The van der Waals surface area contributed by atoms with Gasteiger partial charge < -0.3 is 5.32 Å². The molecule has 3 nitrogen and oxygen atoms in total. The molecule has 0 amide bonds. The summed E-state index contributed by atoms with van der Waals surface area (Å²) in [5.74, 6) is 0.878. The lowest BCUT2D eigenvalue weighted by Gasteiger charge is -2.44. The van der Waals surface area contributed by atoms with Gasteiger partial charge in [-0.25, -0.2) is 0 Å². The number of hydrogen-bond acceptors (Lipinski definition) is 3. The molecule has 2 fully saturated rings. The molecule has 0 aromatic carbocycles. The van der Waals surface area contributed by atoms with Crippen molar-refractivity contribution in [2.75, 3.05) is 13.1 Å². The molecule has 1 N–H and O–H groups in total. The first-order valence-electron chi connectivity index (χ1n) is 8.62. The summed E-state index contributed by atoms with van der Waals surface area (Å²) < 4.78 is 0. The zero-order valence-corrected chi connectivity index (χ0v) is 13.5. The van der Waals surface area contributed by atoms with Crippen molar-refractivity contribution in [2.24, 2.45) is 5.92 Å². The fraction of sp³-hybridized carbons (Fsp3) is 0.722. The molecule has 1 aromatic heterocycles. The number of nitrogens with one attached hydrogen (secondary N) is 1. The molecule has 1 saturated carbocycles. The molecule has 116 valence electrons. The van der Waals surface area contributed by atoms with Crippen molar-refractivity contribution in [3.05, 3.63) is 29.6 Å². The normalized spacial score (nSPS) is 28.7. The van der Waals surface area contributed by atoms with Crippen LogP contribution >= 0.6 is 0 Å². The van der Waals surface area contributed by atoms with Gasteiger partial charge in [-0.05, 0) is 44.2 Å². The molecule has 1 saturated heterocycles. The fourth-order valence-electron chi connectivity index (χ4n) is 4.04. The second kappa shape index (κ2) is 6.89. The SMILES string of the molecule is Cc1cccnc1CN1CC(C)NCC1C1CCCCC1. The lowest BCUT2D eigenvalue weighted by Crippen LogP contribution is -2.57. The lowest BCUT2D eigenvalue weighted by atomic mass is 9.82. The van der Waals surface area contributed by atoms with Crippen molar-refractivity contribution in [2.45, 2.75) is 64.6 Å². The van der Waals surface area contributed by atoms with Crippen LogP contribution in [-0.2, 0) is 6.54 Å².